The zero-order valence-corrected chi connectivity index (χ0v) is 33.5. The van der Waals surface area contributed by atoms with E-state index in [2.05, 4.69) is 231 Å². The molecule has 0 atom stereocenters. The maximum Gasteiger partial charge on any atom is 0.160 e. The van der Waals surface area contributed by atoms with Crippen LogP contribution in [0.4, 0.5) is 0 Å². The van der Waals surface area contributed by atoms with Gasteiger partial charge in [-0.2, -0.15) is 0 Å². The summed E-state index contributed by atoms with van der Waals surface area (Å²) in [6, 6.07) is 87.1. The van der Waals surface area contributed by atoms with E-state index in [1.54, 1.807) is 0 Å². The van der Waals surface area contributed by atoms with Crippen LogP contribution in [0.25, 0.3) is 78.4 Å². The van der Waals surface area contributed by atoms with Gasteiger partial charge in [0, 0.05) is 16.7 Å². The molecule has 0 unspecified atom stereocenters. The van der Waals surface area contributed by atoms with Gasteiger partial charge in [-0.05, 0) is 85.0 Å². The zero-order valence-electron chi connectivity index (χ0n) is 33.5. The van der Waals surface area contributed by atoms with Gasteiger partial charge in [-0.3, -0.25) is 0 Å². The van der Waals surface area contributed by atoms with Crippen LogP contribution in [0.15, 0.2) is 243 Å². The van der Waals surface area contributed by atoms with Crippen molar-refractivity contribution in [2.75, 3.05) is 0 Å². The molecule has 1 aliphatic carbocycles. The van der Waals surface area contributed by atoms with Gasteiger partial charge in [-0.25, -0.2) is 9.97 Å². The fraction of sp³-hybridized carbons (Fsp3) is 0.0169. The average molecular weight is 777 g/mol. The molecule has 0 saturated carbocycles. The van der Waals surface area contributed by atoms with Crippen LogP contribution in [0.3, 0.4) is 0 Å². The largest absolute Gasteiger partial charge is 0.228 e. The summed E-state index contributed by atoms with van der Waals surface area (Å²) in [5.41, 5.74) is 19.0. The number of fused-ring (bicyclic) bond motifs is 3. The van der Waals surface area contributed by atoms with Gasteiger partial charge in [0.25, 0.3) is 0 Å². The van der Waals surface area contributed by atoms with E-state index in [1.165, 1.54) is 55.6 Å². The molecule has 0 saturated heterocycles. The maximum absolute atomic E-state index is 5.22. The highest BCUT2D eigenvalue weighted by Crippen LogP contribution is 2.57. The van der Waals surface area contributed by atoms with Crippen molar-refractivity contribution in [2.24, 2.45) is 0 Å². The molecule has 0 fully saturated rings. The van der Waals surface area contributed by atoms with E-state index < -0.39 is 5.41 Å². The number of hydrogen-bond donors (Lipinski definition) is 0. The van der Waals surface area contributed by atoms with Crippen LogP contribution in [0, 0.1) is 0 Å². The van der Waals surface area contributed by atoms with Crippen molar-refractivity contribution in [1.29, 1.82) is 0 Å². The first-order valence-corrected chi connectivity index (χ1v) is 20.9. The molecule has 9 aromatic carbocycles. The standard InChI is InChI=1S/C59H40N2/c1-4-18-41(19-5-1)42-34-36-44(37-35-42)57-40-56(43-20-6-2-7-21-43)60-58(61-57)48-25-17-23-46(39-48)45-22-16-24-47(38-45)50-28-10-13-31-53(50)59(49-26-8-3-9-27-49)54-32-14-11-29-51(54)52-30-12-15-33-55(52)59/h1-40H. The van der Waals surface area contributed by atoms with Crippen molar-refractivity contribution in [1.82, 2.24) is 9.97 Å². The van der Waals surface area contributed by atoms with Gasteiger partial charge in [-0.15, -0.1) is 0 Å². The van der Waals surface area contributed by atoms with E-state index in [0.717, 1.165) is 39.2 Å². The van der Waals surface area contributed by atoms with Crippen LogP contribution >= 0.6 is 0 Å². The van der Waals surface area contributed by atoms with Crippen LogP contribution in [-0.4, -0.2) is 9.97 Å². The highest BCUT2D eigenvalue weighted by molar-refractivity contribution is 5.89. The Hall–Kier alpha value is -7.94. The van der Waals surface area contributed by atoms with Gasteiger partial charge >= 0.3 is 0 Å². The van der Waals surface area contributed by atoms with Crippen LogP contribution < -0.4 is 0 Å². The van der Waals surface area contributed by atoms with Gasteiger partial charge in [-0.1, -0.05) is 224 Å². The molecule has 2 nitrogen and oxygen atoms in total. The third kappa shape index (κ3) is 6.37. The Bertz CT molecular complexity index is 3130. The summed E-state index contributed by atoms with van der Waals surface area (Å²) in [6.45, 7) is 0. The molecule has 0 aliphatic heterocycles. The topological polar surface area (TPSA) is 25.8 Å². The predicted octanol–water partition coefficient (Wildman–Crippen LogP) is 14.8. The number of aromatic nitrogens is 2. The van der Waals surface area contributed by atoms with E-state index >= 15 is 0 Å². The SMILES string of the molecule is c1ccc(-c2ccc(-c3cc(-c4ccccc4)nc(-c4cccc(-c5cccc(-c6ccccc6C6(c7ccccc7)c7ccccc7-c7ccccc76)c5)c4)n3)cc2)cc1. The summed E-state index contributed by atoms with van der Waals surface area (Å²) >= 11 is 0. The van der Waals surface area contributed by atoms with E-state index in [-0.39, 0.29) is 0 Å². The molecule has 1 heterocycles. The maximum atomic E-state index is 5.22. The summed E-state index contributed by atoms with van der Waals surface area (Å²) in [7, 11) is 0. The molecular formula is C59H40N2. The second kappa shape index (κ2) is 15.3. The van der Waals surface area contributed by atoms with Crippen LogP contribution in [0.5, 0.6) is 0 Å². The van der Waals surface area contributed by atoms with Gasteiger partial charge in [0.2, 0.25) is 0 Å². The molecular weight excluding hydrogens is 737 g/mol. The third-order valence-electron chi connectivity index (χ3n) is 12.2. The minimum absolute atomic E-state index is 0.498. The molecule has 61 heavy (non-hydrogen) atoms. The molecule has 1 aliphatic rings. The second-order valence-electron chi connectivity index (χ2n) is 15.7. The Balaban J connectivity index is 1.02. The van der Waals surface area contributed by atoms with Crippen molar-refractivity contribution in [3.8, 4) is 78.4 Å². The number of nitrogens with zero attached hydrogens (tertiary/aromatic N) is 2. The Labute approximate surface area is 357 Å². The van der Waals surface area contributed by atoms with Crippen molar-refractivity contribution >= 4 is 0 Å². The monoisotopic (exact) mass is 776 g/mol. The van der Waals surface area contributed by atoms with E-state index in [0.29, 0.717) is 5.82 Å². The summed E-state index contributed by atoms with van der Waals surface area (Å²) in [5.74, 6) is 0.690. The van der Waals surface area contributed by atoms with E-state index in [9.17, 15) is 0 Å². The van der Waals surface area contributed by atoms with Crippen LogP contribution in [0.2, 0.25) is 0 Å². The first kappa shape index (κ1) is 36.2. The van der Waals surface area contributed by atoms with Crippen LogP contribution in [-0.2, 0) is 5.41 Å². The fourth-order valence-electron chi connectivity index (χ4n) is 9.39. The van der Waals surface area contributed by atoms with E-state index in [1.807, 2.05) is 12.1 Å². The quantitative estimate of drug-likeness (QED) is 0.154. The normalized spacial score (nSPS) is 12.4. The first-order chi connectivity index (χ1) is 30.2. The predicted molar refractivity (Wildman–Crippen MR) is 252 cm³/mol. The Morgan fingerprint density at radius 2 is 0.623 bits per heavy atom. The number of rotatable bonds is 8. The van der Waals surface area contributed by atoms with Gasteiger partial charge in [0.1, 0.15) is 0 Å². The van der Waals surface area contributed by atoms with Crippen molar-refractivity contribution in [2.45, 2.75) is 5.41 Å². The highest BCUT2D eigenvalue weighted by Gasteiger charge is 2.46. The molecule has 0 radical (unpaired) electrons. The lowest BCUT2D eigenvalue weighted by molar-refractivity contribution is 0.770. The molecule has 1 aromatic heterocycles. The molecule has 0 N–H and O–H groups in total. The Kier molecular flexibility index (Phi) is 9.09. The lowest BCUT2D eigenvalue weighted by atomic mass is 9.66. The smallest absolute Gasteiger partial charge is 0.160 e. The molecule has 0 bridgehead atoms. The Morgan fingerprint density at radius 3 is 1.21 bits per heavy atom. The van der Waals surface area contributed by atoms with Gasteiger partial charge in [0.05, 0.1) is 16.8 Å². The third-order valence-corrected chi connectivity index (χ3v) is 12.2. The first-order valence-electron chi connectivity index (χ1n) is 20.9. The Morgan fingerprint density at radius 1 is 0.246 bits per heavy atom. The van der Waals surface area contributed by atoms with Crippen LogP contribution in [0.1, 0.15) is 22.3 Å². The number of benzene rings is 9. The summed E-state index contributed by atoms with van der Waals surface area (Å²) < 4.78 is 0. The lowest BCUT2D eigenvalue weighted by Crippen LogP contribution is -2.29. The van der Waals surface area contributed by atoms with Gasteiger partial charge in [0.15, 0.2) is 5.82 Å². The molecule has 0 amide bonds. The van der Waals surface area contributed by atoms with Crippen molar-refractivity contribution in [3.05, 3.63) is 265 Å². The number of hydrogen-bond acceptors (Lipinski definition) is 2. The minimum atomic E-state index is -0.498. The van der Waals surface area contributed by atoms with Crippen molar-refractivity contribution in [3.63, 3.8) is 0 Å². The van der Waals surface area contributed by atoms with E-state index in [4.69, 9.17) is 9.97 Å². The molecule has 10 aromatic rings. The lowest BCUT2D eigenvalue weighted by Gasteiger charge is -2.35. The summed E-state index contributed by atoms with van der Waals surface area (Å²) in [5, 5.41) is 0. The zero-order chi connectivity index (χ0) is 40.6. The highest BCUT2D eigenvalue weighted by atomic mass is 14.9. The summed E-state index contributed by atoms with van der Waals surface area (Å²) in [6.07, 6.45) is 0. The van der Waals surface area contributed by atoms with Gasteiger partial charge < -0.3 is 0 Å². The molecule has 286 valence electrons. The summed E-state index contributed by atoms with van der Waals surface area (Å²) in [4.78, 5) is 10.4. The average Bonchev–Trinajstić information content (AvgIpc) is 3.66. The molecule has 0 spiro atoms. The minimum Gasteiger partial charge on any atom is -0.228 e. The molecule has 11 rings (SSSR count). The second-order valence-corrected chi connectivity index (χ2v) is 15.7. The fourth-order valence-corrected chi connectivity index (χ4v) is 9.39. The molecule has 2 heteroatoms. The van der Waals surface area contributed by atoms with Crippen molar-refractivity contribution < 1.29 is 0 Å².